The standard InChI is InChI=1S/C22H19ClF2N6S/c1-14-11-21(29-31(14)13-16-17(23)6-4-8-19(16)25)27-22(32)26-20-9-10-30(28-20)12-15-5-2-3-7-18(15)24/h2-11H,12-13H2,1H3,(H2,26,27,28,29,32). The van der Waals surface area contributed by atoms with Crippen LogP contribution in [0, 0.1) is 18.6 Å². The van der Waals surface area contributed by atoms with E-state index in [1.54, 1.807) is 58.0 Å². The third-order valence-electron chi connectivity index (χ3n) is 4.76. The first-order valence-electron chi connectivity index (χ1n) is 9.71. The number of thiocarbonyl (C=S) groups is 1. The highest BCUT2D eigenvalue weighted by Crippen LogP contribution is 2.21. The number of hydrogen-bond donors (Lipinski definition) is 2. The Hall–Kier alpha value is -3.30. The van der Waals surface area contributed by atoms with Crippen LogP contribution in [-0.2, 0) is 13.1 Å². The molecule has 0 saturated carbocycles. The number of nitrogens with zero attached hydrogens (tertiary/aromatic N) is 4. The van der Waals surface area contributed by atoms with Crippen LogP contribution >= 0.6 is 23.8 Å². The molecule has 0 aliphatic rings. The van der Waals surface area contributed by atoms with Crippen molar-refractivity contribution in [3.8, 4) is 0 Å². The van der Waals surface area contributed by atoms with Gasteiger partial charge in [-0.05, 0) is 37.3 Å². The van der Waals surface area contributed by atoms with Gasteiger partial charge >= 0.3 is 0 Å². The highest BCUT2D eigenvalue weighted by atomic mass is 35.5. The molecule has 0 spiro atoms. The number of rotatable bonds is 6. The van der Waals surface area contributed by atoms with E-state index >= 15 is 0 Å². The molecule has 0 saturated heterocycles. The van der Waals surface area contributed by atoms with Crippen molar-refractivity contribution in [3.05, 3.63) is 94.3 Å². The summed E-state index contributed by atoms with van der Waals surface area (Å²) >= 11 is 11.5. The summed E-state index contributed by atoms with van der Waals surface area (Å²) in [5, 5.41) is 15.4. The molecule has 4 aromatic rings. The monoisotopic (exact) mass is 472 g/mol. The van der Waals surface area contributed by atoms with Gasteiger partial charge in [0.25, 0.3) is 0 Å². The third kappa shape index (κ3) is 5.12. The average molecular weight is 473 g/mol. The van der Waals surface area contributed by atoms with E-state index in [0.717, 1.165) is 5.69 Å². The SMILES string of the molecule is Cc1cc(NC(=S)Nc2ccn(Cc3ccccc3F)n2)nn1Cc1c(F)cccc1Cl. The molecule has 0 unspecified atom stereocenters. The van der Waals surface area contributed by atoms with Crippen molar-refractivity contribution in [3.63, 3.8) is 0 Å². The zero-order valence-electron chi connectivity index (χ0n) is 17.0. The smallest absolute Gasteiger partial charge is 0.177 e. The first-order valence-corrected chi connectivity index (χ1v) is 10.5. The number of hydrogen-bond acceptors (Lipinski definition) is 3. The molecular weight excluding hydrogens is 454 g/mol. The lowest BCUT2D eigenvalue weighted by Gasteiger charge is -2.08. The van der Waals surface area contributed by atoms with Gasteiger partial charge in [-0.1, -0.05) is 35.9 Å². The topological polar surface area (TPSA) is 59.7 Å². The summed E-state index contributed by atoms with van der Waals surface area (Å²) in [6, 6.07) is 14.6. The van der Waals surface area contributed by atoms with E-state index in [9.17, 15) is 8.78 Å². The summed E-state index contributed by atoms with van der Waals surface area (Å²) in [4.78, 5) is 0. The number of anilines is 2. The normalized spacial score (nSPS) is 10.9. The van der Waals surface area contributed by atoms with Crippen molar-refractivity contribution < 1.29 is 8.78 Å². The Morgan fingerprint density at radius 3 is 2.50 bits per heavy atom. The molecule has 2 aromatic carbocycles. The van der Waals surface area contributed by atoms with Crippen LogP contribution in [0.3, 0.4) is 0 Å². The van der Waals surface area contributed by atoms with Crippen molar-refractivity contribution in [2.45, 2.75) is 20.0 Å². The zero-order chi connectivity index (χ0) is 22.7. The number of nitrogens with one attached hydrogen (secondary N) is 2. The summed E-state index contributed by atoms with van der Waals surface area (Å²) < 4.78 is 31.2. The quantitative estimate of drug-likeness (QED) is 0.376. The van der Waals surface area contributed by atoms with Gasteiger partial charge in [-0.25, -0.2) is 8.78 Å². The minimum atomic E-state index is -0.384. The molecule has 0 amide bonds. The van der Waals surface area contributed by atoms with Crippen LogP contribution in [0.25, 0.3) is 0 Å². The van der Waals surface area contributed by atoms with Crippen LogP contribution < -0.4 is 10.6 Å². The highest BCUT2D eigenvalue weighted by molar-refractivity contribution is 7.80. The summed E-state index contributed by atoms with van der Waals surface area (Å²) in [5.74, 6) is 0.341. The first-order chi connectivity index (χ1) is 15.4. The minimum Gasteiger partial charge on any atom is -0.316 e. The summed E-state index contributed by atoms with van der Waals surface area (Å²) in [6.45, 7) is 2.35. The maximum Gasteiger partial charge on any atom is 0.177 e. The molecule has 0 bridgehead atoms. The van der Waals surface area contributed by atoms with Gasteiger partial charge in [0.15, 0.2) is 16.7 Å². The fourth-order valence-corrected chi connectivity index (χ4v) is 3.58. The maximum absolute atomic E-state index is 14.1. The lowest BCUT2D eigenvalue weighted by atomic mass is 10.2. The van der Waals surface area contributed by atoms with Gasteiger partial charge in [-0.2, -0.15) is 10.2 Å². The van der Waals surface area contributed by atoms with Crippen molar-refractivity contribution in [2.24, 2.45) is 0 Å². The second-order valence-corrected chi connectivity index (χ2v) is 7.91. The molecule has 0 aliphatic carbocycles. The highest BCUT2D eigenvalue weighted by Gasteiger charge is 2.12. The van der Waals surface area contributed by atoms with E-state index in [2.05, 4.69) is 20.8 Å². The van der Waals surface area contributed by atoms with E-state index in [4.69, 9.17) is 23.8 Å². The minimum absolute atomic E-state index is 0.194. The maximum atomic E-state index is 14.1. The van der Waals surface area contributed by atoms with Gasteiger partial charge < -0.3 is 10.6 Å². The predicted molar refractivity (Wildman–Crippen MR) is 125 cm³/mol. The molecule has 10 heteroatoms. The van der Waals surface area contributed by atoms with Crippen LogP contribution in [0.5, 0.6) is 0 Å². The molecule has 2 aromatic heterocycles. The van der Waals surface area contributed by atoms with Crippen LogP contribution in [0.1, 0.15) is 16.8 Å². The lowest BCUT2D eigenvalue weighted by Crippen LogP contribution is -2.20. The van der Waals surface area contributed by atoms with Crippen molar-refractivity contribution in [2.75, 3.05) is 10.6 Å². The molecule has 0 fully saturated rings. The van der Waals surface area contributed by atoms with Gasteiger partial charge in [-0.15, -0.1) is 0 Å². The van der Waals surface area contributed by atoms with Crippen molar-refractivity contribution in [1.29, 1.82) is 0 Å². The fourth-order valence-electron chi connectivity index (χ4n) is 3.15. The van der Waals surface area contributed by atoms with Gasteiger partial charge in [0, 0.05) is 40.2 Å². The van der Waals surface area contributed by atoms with Crippen LogP contribution in [-0.4, -0.2) is 24.7 Å². The molecule has 32 heavy (non-hydrogen) atoms. The Morgan fingerprint density at radius 2 is 1.72 bits per heavy atom. The lowest BCUT2D eigenvalue weighted by molar-refractivity contribution is 0.581. The van der Waals surface area contributed by atoms with Crippen LogP contribution in [0.2, 0.25) is 5.02 Å². The molecule has 2 heterocycles. The van der Waals surface area contributed by atoms with E-state index in [0.29, 0.717) is 34.3 Å². The molecule has 2 N–H and O–H groups in total. The first kappa shape index (κ1) is 21.9. The summed E-state index contributed by atoms with van der Waals surface area (Å²) in [7, 11) is 0. The zero-order valence-corrected chi connectivity index (χ0v) is 18.6. The van der Waals surface area contributed by atoms with E-state index in [1.807, 2.05) is 6.92 Å². The number of benzene rings is 2. The Labute approximate surface area is 193 Å². The number of halogens is 3. The summed E-state index contributed by atoms with van der Waals surface area (Å²) in [6.07, 6.45) is 1.73. The number of aromatic nitrogens is 4. The Bertz CT molecular complexity index is 1250. The summed E-state index contributed by atoms with van der Waals surface area (Å²) in [5.41, 5.74) is 1.72. The van der Waals surface area contributed by atoms with Gasteiger partial charge in [-0.3, -0.25) is 9.36 Å². The molecular formula is C22H19ClF2N6S. The molecule has 6 nitrogen and oxygen atoms in total. The van der Waals surface area contributed by atoms with Gasteiger partial charge in [0.2, 0.25) is 0 Å². The predicted octanol–water partition coefficient (Wildman–Crippen LogP) is 5.23. The second kappa shape index (κ2) is 9.46. The molecule has 4 rings (SSSR count). The third-order valence-corrected chi connectivity index (χ3v) is 5.32. The largest absolute Gasteiger partial charge is 0.316 e. The molecule has 0 atom stereocenters. The molecule has 164 valence electrons. The van der Waals surface area contributed by atoms with E-state index in [1.165, 1.54) is 12.1 Å². The Kier molecular flexibility index (Phi) is 6.48. The average Bonchev–Trinajstić information content (AvgIpc) is 3.32. The van der Waals surface area contributed by atoms with Crippen LogP contribution in [0.4, 0.5) is 20.4 Å². The van der Waals surface area contributed by atoms with E-state index < -0.39 is 0 Å². The van der Waals surface area contributed by atoms with Crippen molar-refractivity contribution in [1.82, 2.24) is 19.6 Å². The second-order valence-electron chi connectivity index (χ2n) is 7.10. The van der Waals surface area contributed by atoms with E-state index in [-0.39, 0.29) is 23.3 Å². The van der Waals surface area contributed by atoms with Crippen LogP contribution in [0.15, 0.2) is 60.8 Å². The molecule has 0 aliphatic heterocycles. The van der Waals surface area contributed by atoms with Gasteiger partial charge in [0.1, 0.15) is 11.6 Å². The molecule has 0 radical (unpaired) electrons. The Morgan fingerprint density at radius 1 is 0.969 bits per heavy atom. The van der Waals surface area contributed by atoms with Crippen molar-refractivity contribution >= 4 is 40.6 Å². The Balaban J connectivity index is 1.38. The van der Waals surface area contributed by atoms with Gasteiger partial charge in [0.05, 0.1) is 13.1 Å². The number of aryl methyl sites for hydroxylation is 1. The fraction of sp³-hybridized carbons (Fsp3) is 0.136.